The van der Waals surface area contributed by atoms with Crippen LogP contribution in [0.4, 0.5) is 4.39 Å². The molecule has 4 rings (SSSR count). The second-order valence-electron chi connectivity index (χ2n) is 8.95. The highest BCUT2D eigenvalue weighted by atomic mass is 19.1. The van der Waals surface area contributed by atoms with E-state index in [4.69, 9.17) is 0 Å². The van der Waals surface area contributed by atoms with Crippen molar-refractivity contribution in [2.24, 2.45) is 0 Å². The Balaban J connectivity index is 1.33. The van der Waals surface area contributed by atoms with Gasteiger partial charge in [-0.15, -0.1) is 0 Å². The Morgan fingerprint density at radius 3 is 2.64 bits per heavy atom. The van der Waals surface area contributed by atoms with Gasteiger partial charge in [0.05, 0.1) is 12.7 Å². The Bertz CT molecular complexity index is 1350. The fourth-order valence-electron chi connectivity index (χ4n) is 4.14. The van der Waals surface area contributed by atoms with E-state index in [9.17, 15) is 24.5 Å². The highest BCUT2D eigenvalue weighted by Crippen LogP contribution is 2.23. The molecule has 0 aliphatic rings. The van der Waals surface area contributed by atoms with Crippen molar-refractivity contribution in [3.05, 3.63) is 100 Å². The topological polar surface area (TPSA) is 118 Å². The molecule has 3 aromatic carbocycles. The van der Waals surface area contributed by atoms with Gasteiger partial charge in [-0.3, -0.25) is 4.79 Å². The molecule has 2 atom stereocenters. The summed E-state index contributed by atoms with van der Waals surface area (Å²) in [7, 11) is 0. The van der Waals surface area contributed by atoms with Crippen molar-refractivity contribution in [3.63, 3.8) is 0 Å². The fraction of sp³-hybridized carbons (Fsp3) is 0.250. The Morgan fingerprint density at radius 1 is 1.06 bits per heavy atom. The van der Waals surface area contributed by atoms with Crippen LogP contribution in [0, 0.1) is 5.82 Å². The third-order valence-corrected chi connectivity index (χ3v) is 6.19. The number of nitrogens with one attached hydrogen (secondary N) is 3. The van der Waals surface area contributed by atoms with Gasteiger partial charge in [0, 0.05) is 41.2 Å². The molecule has 4 aromatic rings. The van der Waals surface area contributed by atoms with Crippen molar-refractivity contribution in [1.82, 2.24) is 15.6 Å². The van der Waals surface area contributed by atoms with Gasteiger partial charge >= 0.3 is 0 Å². The summed E-state index contributed by atoms with van der Waals surface area (Å²) in [6, 6.07) is 18.8. The summed E-state index contributed by atoms with van der Waals surface area (Å²) in [5.41, 5.74) is 3.73. The van der Waals surface area contributed by atoms with Crippen LogP contribution >= 0.6 is 0 Å². The number of fused-ring (bicyclic) bond motifs is 1. The molecule has 0 spiro atoms. The SMILES string of the molecule is CC(Cc1ccc2[nH]c(C(=O)NCc3ccccc3F)cc2c1)NCC(O)c1ccc(O)c(CO)c1. The van der Waals surface area contributed by atoms with Crippen molar-refractivity contribution in [1.29, 1.82) is 0 Å². The van der Waals surface area contributed by atoms with Gasteiger partial charge in [0.2, 0.25) is 0 Å². The molecule has 0 radical (unpaired) electrons. The number of aromatic amines is 1. The lowest BCUT2D eigenvalue weighted by Gasteiger charge is -2.18. The average molecular weight is 492 g/mol. The number of rotatable bonds is 10. The van der Waals surface area contributed by atoms with Crippen molar-refractivity contribution in [2.45, 2.75) is 38.6 Å². The minimum Gasteiger partial charge on any atom is -0.508 e. The first-order valence-electron chi connectivity index (χ1n) is 11.8. The van der Waals surface area contributed by atoms with E-state index in [2.05, 4.69) is 15.6 Å². The molecule has 0 aliphatic carbocycles. The number of carbonyl (C=O) groups excluding carboxylic acids is 1. The second kappa shape index (κ2) is 11.3. The van der Waals surface area contributed by atoms with Crippen LogP contribution in [0.5, 0.6) is 5.75 Å². The predicted octanol–water partition coefficient (Wildman–Crippen LogP) is 3.69. The van der Waals surface area contributed by atoms with E-state index in [-0.39, 0.29) is 36.7 Å². The fourth-order valence-corrected chi connectivity index (χ4v) is 4.14. The van der Waals surface area contributed by atoms with E-state index >= 15 is 0 Å². The van der Waals surface area contributed by atoms with E-state index in [0.717, 1.165) is 16.5 Å². The third kappa shape index (κ3) is 6.09. The first-order valence-corrected chi connectivity index (χ1v) is 11.8. The van der Waals surface area contributed by atoms with Gasteiger partial charge < -0.3 is 30.9 Å². The molecule has 36 heavy (non-hydrogen) atoms. The number of carbonyl (C=O) groups is 1. The van der Waals surface area contributed by atoms with E-state index in [1.54, 1.807) is 36.4 Å². The molecule has 1 aromatic heterocycles. The van der Waals surface area contributed by atoms with Crippen LogP contribution in [-0.2, 0) is 19.6 Å². The highest BCUT2D eigenvalue weighted by molar-refractivity contribution is 5.98. The number of aromatic hydroxyl groups is 1. The molecule has 0 bridgehead atoms. The number of hydrogen-bond acceptors (Lipinski definition) is 5. The minimum atomic E-state index is -0.782. The maximum absolute atomic E-state index is 13.8. The Hall–Kier alpha value is -3.72. The predicted molar refractivity (Wildman–Crippen MR) is 136 cm³/mol. The lowest BCUT2D eigenvalue weighted by atomic mass is 10.0. The number of aliphatic hydroxyl groups excluding tert-OH is 2. The zero-order chi connectivity index (χ0) is 25.7. The van der Waals surface area contributed by atoms with Crippen LogP contribution in [0.25, 0.3) is 10.9 Å². The highest BCUT2D eigenvalue weighted by Gasteiger charge is 2.14. The number of aliphatic hydroxyl groups is 2. The molecule has 1 heterocycles. The monoisotopic (exact) mass is 491 g/mol. The Kier molecular flexibility index (Phi) is 8.00. The molecule has 188 valence electrons. The molecule has 0 aliphatic heterocycles. The number of hydrogen-bond donors (Lipinski definition) is 6. The Morgan fingerprint density at radius 2 is 1.86 bits per heavy atom. The maximum atomic E-state index is 13.8. The van der Waals surface area contributed by atoms with Gasteiger partial charge in [0.1, 0.15) is 17.3 Å². The van der Waals surface area contributed by atoms with Crippen molar-refractivity contribution in [3.8, 4) is 5.75 Å². The number of phenols is 1. The third-order valence-electron chi connectivity index (χ3n) is 6.19. The molecule has 6 N–H and O–H groups in total. The quantitative estimate of drug-likeness (QED) is 0.202. The van der Waals surface area contributed by atoms with E-state index < -0.39 is 6.10 Å². The van der Waals surface area contributed by atoms with Crippen LogP contribution in [-0.4, -0.2) is 38.8 Å². The maximum Gasteiger partial charge on any atom is 0.267 e. The average Bonchev–Trinajstić information content (AvgIpc) is 3.30. The lowest BCUT2D eigenvalue weighted by Crippen LogP contribution is -2.32. The zero-order valence-electron chi connectivity index (χ0n) is 20.0. The summed E-state index contributed by atoms with van der Waals surface area (Å²) in [4.78, 5) is 15.7. The van der Waals surface area contributed by atoms with Crippen LogP contribution in [0.3, 0.4) is 0 Å². The summed E-state index contributed by atoms with van der Waals surface area (Å²) in [6.07, 6.45) is -0.0731. The van der Waals surface area contributed by atoms with Gasteiger partial charge in [0.15, 0.2) is 0 Å². The molecular weight excluding hydrogens is 461 g/mol. The standard InChI is InChI=1S/C28H30FN3O4/c1-17(30-15-27(35)19-7-9-26(34)22(12-19)16-33)10-18-6-8-24-21(11-18)13-25(32-24)28(36)31-14-20-4-2-3-5-23(20)29/h2-9,11-13,17,27,30,32-35H,10,14-16H2,1H3,(H,31,36). The van der Waals surface area contributed by atoms with Crippen LogP contribution in [0.1, 0.15) is 45.8 Å². The second-order valence-corrected chi connectivity index (χ2v) is 8.95. The Labute approximate surface area is 208 Å². The molecule has 2 unspecified atom stereocenters. The molecule has 0 saturated carbocycles. The van der Waals surface area contributed by atoms with E-state index in [1.165, 1.54) is 12.1 Å². The summed E-state index contributed by atoms with van der Waals surface area (Å²) < 4.78 is 13.8. The molecule has 7 nitrogen and oxygen atoms in total. The number of aromatic nitrogens is 1. The largest absolute Gasteiger partial charge is 0.508 e. The van der Waals surface area contributed by atoms with Crippen LogP contribution < -0.4 is 10.6 Å². The molecule has 0 saturated heterocycles. The minimum absolute atomic E-state index is 0.000608. The van der Waals surface area contributed by atoms with Crippen LogP contribution in [0.15, 0.2) is 66.7 Å². The normalized spacial score (nSPS) is 13.0. The number of amides is 1. The molecule has 1 amide bonds. The summed E-state index contributed by atoms with van der Waals surface area (Å²) in [5, 5.41) is 36.4. The zero-order valence-corrected chi connectivity index (χ0v) is 20.0. The molecular formula is C28H30FN3O4. The van der Waals surface area contributed by atoms with Gasteiger partial charge in [0.25, 0.3) is 5.91 Å². The number of H-pyrrole nitrogens is 1. The first-order chi connectivity index (χ1) is 17.3. The first kappa shape index (κ1) is 25.4. The van der Waals surface area contributed by atoms with E-state index in [0.29, 0.717) is 35.3 Å². The van der Waals surface area contributed by atoms with Crippen molar-refractivity contribution < 1.29 is 24.5 Å². The molecule has 0 fully saturated rings. The molecule has 8 heteroatoms. The van der Waals surface area contributed by atoms with Crippen LogP contribution in [0.2, 0.25) is 0 Å². The summed E-state index contributed by atoms with van der Waals surface area (Å²) >= 11 is 0. The van der Waals surface area contributed by atoms with Crippen molar-refractivity contribution >= 4 is 16.8 Å². The number of benzene rings is 3. The van der Waals surface area contributed by atoms with Gasteiger partial charge in [-0.1, -0.05) is 30.3 Å². The lowest BCUT2D eigenvalue weighted by molar-refractivity contribution is 0.0946. The van der Waals surface area contributed by atoms with Gasteiger partial charge in [-0.05, 0) is 60.9 Å². The van der Waals surface area contributed by atoms with E-state index in [1.807, 2.05) is 25.1 Å². The van der Waals surface area contributed by atoms with Gasteiger partial charge in [-0.25, -0.2) is 4.39 Å². The van der Waals surface area contributed by atoms with Gasteiger partial charge in [-0.2, -0.15) is 0 Å². The smallest absolute Gasteiger partial charge is 0.267 e. The summed E-state index contributed by atoms with van der Waals surface area (Å²) in [6.45, 7) is 2.14. The summed E-state index contributed by atoms with van der Waals surface area (Å²) in [5.74, 6) is -0.661. The van der Waals surface area contributed by atoms with Crippen molar-refractivity contribution in [2.75, 3.05) is 6.54 Å². The number of halogens is 1.